The lowest BCUT2D eigenvalue weighted by Gasteiger charge is -1.95. The van der Waals surface area contributed by atoms with E-state index >= 15 is 0 Å². The molecular formula is C9H12N2O. The minimum atomic E-state index is -0.159. The second-order valence-corrected chi connectivity index (χ2v) is 2.47. The Morgan fingerprint density at radius 1 is 1.42 bits per heavy atom. The number of pyridine rings is 1. The van der Waals surface area contributed by atoms with Gasteiger partial charge in [0.15, 0.2) is 0 Å². The number of hydrogen-bond acceptors (Lipinski definition) is 2. The van der Waals surface area contributed by atoms with Gasteiger partial charge in [0.25, 0.3) is 5.56 Å². The number of nitrogen functional groups attached to an aromatic ring is 1. The molecule has 64 valence electrons. The lowest BCUT2D eigenvalue weighted by molar-refractivity contribution is 0.918. The standard InChI is InChI=1S/C9H12N2O/c1-3-7-5-6-11(10)9(12)8(7)4-2/h3-6H,10H2,1-2H3/b7-3-,8-4+. The molecule has 1 heterocycles. The molecule has 1 aromatic rings. The Balaban J connectivity index is 3.85. The maximum atomic E-state index is 11.4. The van der Waals surface area contributed by atoms with Gasteiger partial charge in [-0.3, -0.25) is 4.79 Å². The van der Waals surface area contributed by atoms with E-state index in [0.29, 0.717) is 5.22 Å². The Bertz CT molecular complexity index is 443. The first-order valence-electron chi connectivity index (χ1n) is 3.80. The molecule has 0 aliphatic rings. The van der Waals surface area contributed by atoms with Crippen LogP contribution in [0.2, 0.25) is 0 Å². The molecule has 0 aliphatic heterocycles. The predicted molar refractivity (Wildman–Crippen MR) is 50.4 cm³/mol. The van der Waals surface area contributed by atoms with E-state index in [1.165, 1.54) is 0 Å². The highest BCUT2D eigenvalue weighted by Crippen LogP contribution is 1.63. The van der Waals surface area contributed by atoms with E-state index in [1.54, 1.807) is 12.3 Å². The summed E-state index contributed by atoms with van der Waals surface area (Å²) in [5.41, 5.74) is -0.159. The smallest absolute Gasteiger partial charge is 0.276 e. The molecule has 0 unspecified atom stereocenters. The number of aromatic nitrogens is 1. The SMILES string of the molecule is C/C=c1/ccn(N)c(=O)/c1=C/C. The second-order valence-electron chi connectivity index (χ2n) is 2.47. The zero-order chi connectivity index (χ0) is 9.14. The van der Waals surface area contributed by atoms with Crippen molar-refractivity contribution >= 4 is 12.2 Å². The van der Waals surface area contributed by atoms with Crippen molar-refractivity contribution in [2.24, 2.45) is 0 Å². The molecular weight excluding hydrogens is 152 g/mol. The van der Waals surface area contributed by atoms with Gasteiger partial charge in [0.2, 0.25) is 0 Å². The summed E-state index contributed by atoms with van der Waals surface area (Å²) in [6.07, 6.45) is 5.21. The molecule has 0 radical (unpaired) electrons. The van der Waals surface area contributed by atoms with Gasteiger partial charge in [-0.25, -0.2) is 4.68 Å². The Morgan fingerprint density at radius 3 is 2.58 bits per heavy atom. The van der Waals surface area contributed by atoms with Gasteiger partial charge in [-0.05, 0) is 25.1 Å². The summed E-state index contributed by atoms with van der Waals surface area (Å²) in [7, 11) is 0. The maximum Gasteiger partial charge on any atom is 0.276 e. The van der Waals surface area contributed by atoms with Crippen LogP contribution in [0.25, 0.3) is 12.2 Å². The maximum absolute atomic E-state index is 11.4. The molecule has 0 fully saturated rings. The minimum absolute atomic E-state index is 0.159. The molecule has 0 spiro atoms. The van der Waals surface area contributed by atoms with E-state index < -0.39 is 0 Å². The fourth-order valence-electron chi connectivity index (χ4n) is 1.12. The summed E-state index contributed by atoms with van der Waals surface area (Å²) in [6.45, 7) is 3.71. The van der Waals surface area contributed by atoms with Gasteiger partial charge < -0.3 is 5.84 Å². The first kappa shape index (κ1) is 8.59. The van der Waals surface area contributed by atoms with Crippen molar-refractivity contribution in [3.05, 3.63) is 33.1 Å². The molecule has 0 aromatic carbocycles. The van der Waals surface area contributed by atoms with Gasteiger partial charge in [-0.2, -0.15) is 0 Å². The lowest BCUT2D eigenvalue weighted by Crippen LogP contribution is -2.46. The first-order valence-corrected chi connectivity index (χ1v) is 3.80. The molecule has 0 amide bonds. The van der Waals surface area contributed by atoms with Gasteiger partial charge in [0, 0.05) is 11.4 Å². The largest absolute Gasteiger partial charge is 0.336 e. The molecule has 3 heteroatoms. The summed E-state index contributed by atoms with van der Waals surface area (Å²) < 4.78 is 1.09. The number of rotatable bonds is 0. The molecule has 0 bridgehead atoms. The third kappa shape index (κ3) is 1.25. The molecule has 0 saturated carbocycles. The van der Waals surface area contributed by atoms with Crippen LogP contribution in [0.3, 0.4) is 0 Å². The van der Waals surface area contributed by atoms with Crippen LogP contribution >= 0.6 is 0 Å². The van der Waals surface area contributed by atoms with Crippen LogP contribution in [0.4, 0.5) is 0 Å². The molecule has 2 N–H and O–H groups in total. The molecule has 0 atom stereocenters. The highest BCUT2D eigenvalue weighted by atomic mass is 16.1. The molecule has 3 nitrogen and oxygen atoms in total. The van der Waals surface area contributed by atoms with Crippen molar-refractivity contribution in [2.75, 3.05) is 5.84 Å². The second kappa shape index (κ2) is 3.26. The third-order valence-corrected chi connectivity index (χ3v) is 1.79. The summed E-state index contributed by atoms with van der Waals surface area (Å²) in [4.78, 5) is 11.4. The Morgan fingerprint density at radius 2 is 2.08 bits per heavy atom. The Labute approximate surface area is 70.4 Å². The fraction of sp³-hybridized carbons (Fsp3) is 0.222. The van der Waals surface area contributed by atoms with Crippen LogP contribution in [0, 0.1) is 0 Å². The average Bonchev–Trinajstić information content (AvgIpc) is 2.09. The van der Waals surface area contributed by atoms with Crippen LogP contribution in [0.15, 0.2) is 17.1 Å². The van der Waals surface area contributed by atoms with Crippen molar-refractivity contribution in [2.45, 2.75) is 13.8 Å². The highest BCUT2D eigenvalue weighted by molar-refractivity contribution is 5.27. The van der Waals surface area contributed by atoms with Crippen molar-refractivity contribution < 1.29 is 0 Å². The summed E-state index contributed by atoms with van der Waals surface area (Å²) in [5, 5.41) is 1.58. The molecule has 12 heavy (non-hydrogen) atoms. The van der Waals surface area contributed by atoms with Crippen LogP contribution in [0.1, 0.15) is 13.8 Å². The van der Waals surface area contributed by atoms with E-state index in [-0.39, 0.29) is 5.56 Å². The fourth-order valence-corrected chi connectivity index (χ4v) is 1.12. The molecule has 1 rings (SSSR count). The lowest BCUT2D eigenvalue weighted by atomic mass is 10.3. The number of hydrogen-bond donors (Lipinski definition) is 1. The van der Waals surface area contributed by atoms with Crippen LogP contribution in [-0.2, 0) is 0 Å². The summed E-state index contributed by atoms with van der Waals surface area (Å²) in [5.74, 6) is 5.39. The van der Waals surface area contributed by atoms with E-state index in [2.05, 4.69) is 0 Å². The quantitative estimate of drug-likeness (QED) is 0.508. The zero-order valence-corrected chi connectivity index (χ0v) is 7.24. The highest BCUT2D eigenvalue weighted by Gasteiger charge is 1.92. The number of nitrogens with two attached hydrogens (primary N) is 1. The average molecular weight is 164 g/mol. The molecule has 1 aromatic heterocycles. The summed E-state index contributed by atoms with van der Waals surface area (Å²) in [6, 6.07) is 1.82. The van der Waals surface area contributed by atoms with Gasteiger partial charge >= 0.3 is 0 Å². The Hall–Kier alpha value is -1.51. The van der Waals surface area contributed by atoms with Gasteiger partial charge in [0.1, 0.15) is 0 Å². The number of nitrogens with zero attached hydrogens (tertiary/aromatic N) is 1. The monoisotopic (exact) mass is 164 g/mol. The van der Waals surface area contributed by atoms with Crippen LogP contribution < -0.4 is 21.8 Å². The normalized spacial score (nSPS) is 13.8. The predicted octanol–water partition coefficient (Wildman–Crippen LogP) is -0.837. The Kier molecular flexibility index (Phi) is 2.33. The van der Waals surface area contributed by atoms with Crippen LogP contribution in [0.5, 0.6) is 0 Å². The minimum Gasteiger partial charge on any atom is -0.336 e. The van der Waals surface area contributed by atoms with Gasteiger partial charge in [-0.15, -0.1) is 0 Å². The van der Waals surface area contributed by atoms with Crippen LogP contribution in [-0.4, -0.2) is 4.68 Å². The topological polar surface area (TPSA) is 48.0 Å². The third-order valence-electron chi connectivity index (χ3n) is 1.79. The van der Waals surface area contributed by atoms with Crippen molar-refractivity contribution in [3.8, 4) is 0 Å². The van der Waals surface area contributed by atoms with Gasteiger partial charge in [-0.1, -0.05) is 12.2 Å². The molecule has 0 saturated heterocycles. The first-order chi connectivity index (χ1) is 5.70. The van der Waals surface area contributed by atoms with E-state index in [0.717, 1.165) is 9.89 Å². The van der Waals surface area contributed by atoms with E-state index in [1.807, 2.05) is 26.0 Å². The van der Waals surface area contributed by atoms with Gasteiger partial charge in [0.05, 0.1) is 0 Å². The summed E-state index contributed by atoms with van der Waals surface area (Å²) >= 11 is 0. The van der Waals surface area contributed by atoms with Crippen molar-refractivity contribution in [1.29, 1.82) is 0 Å². The zero-order valence-electron chi connectivity index (χ0n) is 7.24. The van der Waals surface area contributed by atoms with Crippen molar-refractivity contribution in [3.63, 3.8) is 0 Å². The van der Waals surface area contributed by atoms with E-state index in [4.69, 9.17) is 5.84 Å². The molecule has 0 aliphatic carbocycles. The van der Waals surface area contributed by atoms with Crippen molar-refractivity contribution in [1.82, 2.24) is 4.68 Å². The van der Waals surface area contributed by atoms with E-state index in [9.17, 15) is 4.79 Å².